The number of amides is 1. The maximum atomic E-state index is 12.8. The number of halogens is 1. The predicted molar refractivity (Wildman–Crippen MR) is 112 cm³/mol. The minimum atomic E-state index is -0.154. The van der Waals surface area contributed by atoms with Gasteiger partial charge in [-0.15, -0.1) is 0 Å². The third-order valence-electron chi connectivity index (χ3n) is 6.42. The Morgan fingerprint density at radius 1 is 1.14 bits per heavy atom. The van der Waals surface area contributed by atoms with Crippen LogP contribution in [-0.2, 0) is 6.54 Å². The second-order valence-corrected chi connectivity index (χ2v) is 8.72. The van der Waals surface area contributed by atoms with Crippen LogP contribution in [0.15, 0.2) is 30.5 Å². The number of carbonyl (C=O) groups excluding carboxylic acids is 2. The van der Waals surface area contributed by atoms with Gasteiger partial charge in [0, 0.05) is 43.3 Å². The van der Waals surface area contributed by atoms with Crippen LogP contribution in [0.2, 0.25) is 5.02 Å². The van der Waals surface area contributed by atoms with Crippen molar-refractivity contribution in [1.29, 1.82) is 0 Å². The third-order valence-corrected chi connectivity index (χ3v) is 6.77. The lowest BCUT2D eigenvalue weighted by Gasteiger charge is -2.45. The van der Waals surface area contributed by atoms with E-state index >= 15 is 0 Å². The average Bonchev–Trinajstić information content (AvgIpc) is 3.32. The van der Waals surface area contributed by atoms with Gasteiger partial charge >= 0.3 is 6.03 Å². The van der Waals surface area contributed by atoms with E-state index < -0.39 is 0 Å². The Hall–Kier alpha value is -2.18. The van der Waals surface area contributed by atoms with E-state index in [-0.39, 0.29) is 17.4 Å². The molecule has 0 radical (unpaired) electrons. The number of ketones is 1. The summed E-state index contributed by atoms with van der Waals surface area (Å²) in [5.41, 5.74) is 2.81. The summed E-state index contributed by atoms with van der Waals surface area (Å²) < 4.78 is 1.28. The van der Waals surface area contributed by atoms with Gasteiger partial charge in [0.15, 0.2) is 5.78 Å². The molecule has 2 fully saturated rings. The van der Waals surface area contributed by atoms with E-state index in [0.29, 0.717) is 18.8 Å². The summed E-state index contributed by atoms with van der Waals surface area (Å²) in [6, 6.07) is 7.71. The predicted octanol–water partition coefficient (Wildman–Crippen LogP) is 4.15. The molecular formula is C22H27ClN4O2. The van der Waals surface area contributed by atoms with Gasteiger partial charge in [0.1, 0.15) is 5.69 Å². The first-order valence-corrected chi connectivity index (χ1v) is 10.6. The average molecular weight is 415 g/mol. The van der Waals surface area contributed by atoms with E-state index in [9.17, 15) is 9.59 Å². The largest absolute Gasteiger partial charge is 0.344 e. The smallest absolute Gasteiger partial charge is 0.323 e. The molecule has 2 aromatic rings. The number of piperidine rings is 1. The minimum absolute atomic E-state index is 0.134. The van der Waals surface area contributed by atoms with Crippen molar-refractivity contribution in [2.75, 3.05) is 19.6 Å². The molecule has 1 amide bonds. The quantitative estimate of drug-likeness (QED) is 0.708. The molecule has 1 spiro atoms. The van der Waals surface area contributed by atoms with Gasteiger partial charge in [0.2, 0.25) is 0 Å². The fraction of sp³-hybridized carbons (Fsp3) is 0.500. The summed E-state index contributed by atoms with van der Waals surface area (Å²) in [4.78, 5) is 28.6. The van der Waals surface area contributed by atoms with Crippen molar-refractivity contribution >= 4 is 23.4 Å². The van der Waals surface area contributed by atoms with E-state index in [1.165, 1.54) is 29.2 Å². The molecule has 0 bridgehead atoms. The number of nitrogens with zero attached hydrogens (tertiary/aromatic N) is 4. The Kier molecular flexibility index (Phi) is 5.49. The topological polar surface area (TPSA) is 58.4 Å². The fourth-order valence-corrected chi connectivity index (χ4v) is 4.97. The monoisotopic (exact) mass is 414 g/mol. The minimum Gasteiger partial charge on any atom is -0.323 e. The van der Waals surface area contributed by atoms with Crippen molar-refractivity contribution in [1.82, 2.24) is 19.6 Å². The number of benzene rings is 1. The van der Waals surface area contributed by atoms with Gasteiger partial charge in [-0.1, -0.05) is 23.7 Å². The SMILES string of the molecule is CC(=O)c1ccn(C(=O)N2CCC3(CCCN3Cc3ccc(C)cc3Cl)CC2)n1. The number of rotatable bonds is 3. The number of Topliss-reactive ketones (excluding diaryl/α,β-unsaturated/α-hetero) is 1. The molecule has 0 saturated carbocycles. The zero-order valence-electron chi connectivity index (χ0n) is 17.0. The van der Waals surface area contributed by atoms with Gasteiger partial charge in [-0.25, -0.2) is 4.79 Å². The molecule has 7 heteroatoms. The van der Waals surface area contributed by atoms with E-state index in [0.717, 1.165) is 37.4 Å². The maximum absolute atomic E-state index is 12.8. The third kappa shape index (κ3) is 3.96. The normalized spacial score (nSPS) is 19.1. The molecule has 0 atom stereocenters. The Morgan fingerprint density at radius 3 is 2.55 bits per heavy atom. The van der Waals surface area contributed by atoms with Crippen molar-refractivity contribution in [2.24, 2.45) is 0 Å². The van der Waals surface area contributed by atoms with Crippen molar-refractivity contribution in [3.63, 3.8) is 0 Å². The van der Waals surface area contributed by atoms with Gasteiger partial charge in [0.05, 0.1) is 0 Å². The van der Waals surface area contributed by atoms with Crippen molar-refractivity contribution < 1.29 is 9.59 Å². The fourth-order valence-electron chi connectivity index (χ4n) is 4.67. The highest BCUT2D eigenvalue weighted by molar-refractivity contribution is 6.31. The lowest BCUT2D eigenvalue weighted by atomic mass is 9.84. The molecule has 29 heavy (non-hydrogen) atoms. The summed E-state index contributed by atoms with van der Waals surface area (Å²) in [6.45, 7) is 6.83. The first kappa shape index (κ1) is 20.1. The molecule has 0 aliphatic carbocycles. The highest BCUT2D eigenvalue weighted by Crippen LogP contribution is 2.40. The van der Waals surface area contributed by atoms with Gasteiger partial charge in [-0.2, -0.15) is 9.78 Å². The van der Waals surface area contributed by atoms with Crippen LogP contribution in [-0.4, -0.2) is 56.6 Å². The number of aromatic nitrogens is 2. The summed E-state index contributed by atoms with van der Waals surface area (Å²) >= 11 is 6.48. The van der Waals surface area contributed by atoms with Gasteiger partial charge in [-0.05, 0) is 62.4 Å². The molecule has 2 aliphatic heterocycles. The molecule has 4 rings (SSSR count). The number of hydrogen-bond donors (Lipinski definition) is 0. The van der Waals surface area contributed by atoms with Crippen LogP contribution in [0, 0.1) is 6.92 Å². The van der Waals surface area contributed by atoms with Crippen molar-refractivity contribution in [3.05, 3.63) is 52.3 Å². The Balaban J connectivity index is 1.42. The van der Waals surface area contributed by atoms with Crippen LogP contribution in [0.1, 0.15) is 54.2 Å². The molecule has 6 nitrogen and oxygen atoms in total. The summed E-state index contributed by atoms with van der Waals surface area (Å²) in [7, 11) is 0. The molecule has 2 aliphatic rings. The van der Waals surface area contributed by atoms with Crippen LogP contribution >= 0.6 is 11.6 Å². The van der Waals surface area contributed by atoms with Crippen LogP contribution in [0.3, 0.4) is 0 Å². The van der Waals surface area contributed by atoms with E-state index in [4.69, 9.17) is 11.6 Å². The Bertz CT molecular complexity index is 931. The summed E-state index contributed by atoms with van der Waals surface area (Å²) in [5.74, 6) is -0.134. The first-order chi connectivity index (χ1) is 13.9. The van der Waals surface area contributed by atoms with Crippen LogP contribution in [0.5, 0.6) is 0 Å². The molecular weight excluding hydrogens is 388 g/mol. The second-order valence-electron chi connectivity index (χ2n) is 8.32. The lowest BCUT2D eigenvalue weighted by molar-refractivity contribution is 0.0585. The van der Waals surface area contributed by atoms with E-state index in [1.807, 2.05) is 11.0 Å². The number of hydrogen-bond acceptors (Lipinski definition) is 4. The summed E-state index contributed by atoms with van der Waals surface area (Å²) in [5, 5.41) is 4.95. The van der Waals surface area contributed by atoms with Crippen LogP contribution in [0.4, 0.5) is 4.79 Å². The highest BCUT2D eigenvalue weighted by Gasteiger charge is 2.44. The standard InChI is InChI=1S/C22H27ClN4O2/c1-16-4-5-18(19(23)14-16)15-26-10-3-7-22(26)8-12-25(13-9-22)21(29)27-11-6-20(24-27)17(2)28/h4-6,11,14H,3,7-10,12-13,15H2,1-2H3. The van der Waals surface area contributed by atoms with Gasteiger partial charge in [-0.3, -0.25) is 9.69 Å². The zero-order chi connectivity index (χ0) is 20.6. The molecule has 1 aromatic heterocycles. The van der Waals surface area contributed by atoms with Crippen LogP contribution in [0.25, 0.3) is 0 Å². The van der Waals surface area contributed by atoms with Gasteiger partial charge in [0.25, 0.3) is 0 Å². The molecule has 1 aromatic carbocycles. The van der Waals surface area contributed by atoms with Crippen molar-refractivity contribution in [2.45, 2.75) is 51.6 Å². The molecule has 3 heterocycles. The maximum Gasteiger partial charge on any atom is 0.344 e. The van der Waals surface area contributed by atoms with Crippen LogP contribution < -0.4 is 0 Å². The van der Waals surface area contributed by atoms with Gasteiger partial charge < -0.3 is 4.90 Å². The Morgan fingerprint density at radius 2 is 1.90 bits per heavy atom. The molecule has 0 N–H and O–H groups in total. The molecule has 0 unspecified atom stereocenters. The molecule has 2 saturated heterocycles. The van der Waals surface area contributed by atoms with E-state index in [1.54, 1.807) is 12.3 Å². The summed E-state index contributed by atoms with van der Waals surface area (Å²) in [6.07, 6.45) is 5.81. The molecule has 154 valence electrons. The number of aryl methyl sites for hydroxylation is 1. The lowest BCUT2D eigenvalue weighted by Crippen LogP contribution is -2.53. The van der Waals surface area contributed by atoms with Crippen molar-refractivity contribution in [3.8, 4) is 0 Å². The Labute approximate surface area is 176 Å². The van der Waals surface area contributed by atoms with E-state index in [2.05, 4.69) is 29.1 Å². The number of carbonyl (C=O) groups is 2. The number of likely N-dealkylation sites (tertiary alicyclic amines) is 2. The highest BCUT2D eigenvalue weighted by atomic mass is 35.5. The first-order valence-electron chi connectivity index (χ1n) is 10.2. The zero-order valence-corrected chi connectivity index (χ0v) is 17.8. The second kappa shape index (κ2) is 7.92.